The van der Waals surface area contributed by atoms with Gasteiger partial charge < -0.3 is 14.6 Å². The maximum atomic E-state index is 12.3. The highest BCUT2D eigenvalue weighted by Crippen LogP contribution is 2.36. The van der Waals surface area contributed by atoms with Gasteiger partial charge in [-0.1, -0.05) is 18.2 Å². The molecule has 0 saturated carbocycles. The molecule has 0 saturated heterocycles. The first-order chi connectivity index (χ1) is 13.0. The number of ether oxygens (including phenoxy) is 1. The standard InChI is InChI=1S/C17H13N5O4S/c1-21-9-18-20-17(21)27-14-7-6-10(8-12(14)22(24)25)16-19-15(23)11-4-2-3-5-13(11)26-16/h2-9,16H,1H3,(H,19,23). The van der Waals surface area contributed by atoms with Crippen molar-refractivity contribution in [2.75, 3.05) is 0 Å². The van der Waals surface area contributed by atoms with Crippen LogP contribution in [0.3, 0.4) is 0 Å². The third-order valence-electron chi connectivity index (χ3n) is 3.99. The second-order valence-corrected chi connectivity index (χ2v) is 6.79. The third-order valence-corrected chi connectivity index (χ3v) is 5.11. The van der Waals surface area contributed by atoms with Crippen molar-refractivity contribution < 1.29 is 14.5 Å². The van der Waals surface area contributed by atoms with E-state index in [1.807, 2.05) is 0 Å². The van der Waals surface area contributed by atoms with Crippen molar-refractivity contribution in [3.05, 3.63) is 70.0 Å². The zero-order chi connectivity index (χ0) is 19.0. The molecule has 27 heavy (non-hydrogen) atoms. The van der Waals surface area contributed by atoms with Gasteiger partial charge in [0.05, 0.1) is 15.4 Å². The number of rotatable bonds is 4. The van der Waals surface area contributed by atoms with Gasteiger partial charge in [-0.15, -0.1) is 10.2 Å². The van der Waals surface area contributed by atoms with Gasteiger partial charge in [0.15, 0.2) is 11.4 Å². The predicted octanol–water partition coefficient (Wildman–Crippen LogP) is 2.70. The van der Waals surface area contributed by atoms with Crippen molar-refractivity contribution in [1.29, 1.82) is 0 Å². The van der Waals surface area contributed by atoms with Gasteiger partial charge in [0, 0.05) is 18.7 Å². The van der Waals surface area contributed by atoms with Gasteiger partial charge in [-0.3, -0.25) is 14.9 Å². The summed E-state index contributed by atoms with van der Waals surface area (Å²) in [4.78, 5) is 23.8. The van der Waals surface area contributed by atoms with Gasteiger partial charge in [0.1, 0.15) is 12.1 Å². The van der Waals surface area contributed by atoms with Crippen LogP contribution in [-0.4, -0.2) is 25.6 Å². The monoisotopic (exact) mass is 383 g/mol. The molecule has 10 heteroatoms. The number of nitro benzene ring substituents is 1. The lowest BCUT2D eigenvalue weighted by atomic mass is 10.1. The van der Waals surface area contributed by atoms with E-state index in [4.69, 9.17) is 4.74 Å². The van der Waals surface area contributed by atoms with E-state index in [-0.39, 0.29) is 11.6 Å². The molecule has 4 rings (SSSR count). The highest BCUT2D eigenvalue weighted by molar-refractivity contribution is 7.99. The first kappa shape index (κ1) is 17.0. The molecule has 136 valence electrons. The van der Waals surface area contributed by atoms with Crippen LogP contribution in [0.25, 0.3) is 0 Å². The van der Waals surface area contributed by atoms with E-state index in [1.54, 1.807) is 48.0 Å². The van der Waals surface area contributed by atoms with Gasteiger partial charge in [0.25, 0.3) is 11.6 Å². The van der Waals surface area contributed by atoms with Crippen molar-refractivity contribution in [3.63, 3.8) is 0 Å². The molecule has 1 aromatic heterocycles. The normalized spacial score (nSPS) is 15.6. The van der Waals surface area contributed by atoms with Gasteiger partial charge >= 0.3 is 0 Å². The lowest BCUT2D eigenvalue weighted by molar-refractivity contribution is -0.387. The number of nitrogens with zero attached hydrogens (tertiary/aromatic N) is 4. The maximum Gasteiger partial charge on any atom is 0.283 e. The number of carbonyl (C=O) groups excluding carboxylic acids is 1. The number of carbonyl (C=O) groups is 1. The Morgan fingerprint density at radius 1 is 1.30 bits per heavy atom. The number of benzene rings is 2. The highest BCUT2D eigenvalue weighted by atomic mass is 32.2. The third kappa shape index (κ3) is 3.22. The van der Waals surface area contributed by atoms with Crippen LogP contribution in [0.2, 0.25) is 0 Å². The van der Waals surface area contributed by atoms with Gasteiger partial charge in [-0.2, -0.15) is 0 Å². The Balaban J connectivity index is 1.67. The lowest BCUT2D eigenvalue weighted by Crippen LogP contribution is -2.36. The average Bonchev–Trinajstić information content (AvgIpc) is 3.06. The summed E-state index contributed by atoms with van der Waals surface area (Å²) in [5.74, 6) is 0.147. The van der Waals surface area contributed by atoms with Gasteiger partial charge in [-0.25, -0.2) is 0 Å². The van der Waals surface area contributed by atoms with Crippen molar-refractivity contribution in [1.82, 2.24) is 20.1 Å². The smallest absolute Gasteiger partial charge is 0.283 e. The van der Waals surface area contributed by atoms with Crippen molar-refractivity contribution in [3.8, 4) is 5.75 Å². The Labute approximate surface area is 157 Å². The molecule has 1 aliphatic rings. The molecular formula is C17H13N5O4S. The number of hydrogen-bond acceptors (Lipinski definition) is 7. The summed E-state index contributed by atoms with van der Waals surface area (Å²) in [5, 5.41) is 22.5. The first-order valence-corrected chi connectivity index (χ1v) is 8.71. The largest absolute Gasteiger partial charge is 0.466 e. The second-order valence-electron chi connectivity index (χ2n) is 5.78. The Morgan fingerprint density at radius 2 is 2.11 bits per heavy atom. The molecule has 0 fully saturated rings. The summed E-state index contributed by atoms with van der Waals surface area (Å²) >= 11 is 1.14. The Kier molecular flexibility index (Phi) is 4.24. The predicted molar refractivity (Wildman–Crippen MR) is 95.5 cm³/mol. The Hall–Kier alpha value is -3.40. The van der Waals surface area contributed by atoms with Crippen LogP contribution in [0.15, 0.2) is 58.8 Å². The Morgan fingerprint density at radius 3 is 2.85 bits per heavy atom. The summed E-state index contributed by atoms with van der Waals surface area (Å²) in [6, 6.07) is 11.5. The van der Waals surface area contributed by atoms with Crippen LogP contribution in [-0.2, 0) is 7.05 Å². The molecule has 1 atom stereocenters. The first-order valence-electron chi connectivity index (χ1n) is 7.89. The van der Waals surface area contributed by atoms with E-state index in [0.717, 1.165) is 11.8 Å². The van der Waals surface area contributed by atoms with Crippen molar-refractivity contribution in [2.24, 2.45) is 7.05 Å². The minimum Gasteiger partial charge on any atom is -0.466 e. The van der Waals surface area contributed by atoms with E-state index < -0.39 is 11.2 Å². The minimum atomic E-state index is -0.806. The topological polar surface area (TPSA) is 112 Å². The molecule has 9 nitrogen and oxygen atoms in total. The van der Waals surface area contributed by atoms with Crippen molar-refractivity contribution >= 4 is 23.4 Å². The molecule has 1 N–H and O–H groups in total. The lowest BCUT2D eigenvalue weighted by Gasteiger charge is -2.26. The van der Waals surface area contributed by atoms with E-state index in [9.17, 15) is 14.9 Å². The summed E-state index contributed by atoms with van der Waals surface area (Å²) < 4.78 is 7.47. The van der Waals surface area contributed by atoms with E-state index >= 15 is 0 Å². The molecule has 3 aromatic rings. The number of aryl methyl sites for hydroxylation is 1. The van der Waals surface area contributed by atoms with Gasteiger partial charge in [-0.05, 0) is 30.0 Å². The fourth-order valence-corrected chi connectivity index (χ4v) is 3.50. The minimum absolute atomic E-state index is 0.0998. The molecule has 1 amide bonds. The number of aromatic nitrogens is 3. The molecule has 1 unspecified atom stereocenters. The van der Waals surface area contributed by atoms with E-state index in [0.29, 0.717) is 26.9 Å². The van der Waals surface area contributed by atoms with E-state index in [2.05, 4.69) is 15.5 Å². The van der Waals surface area contributed by atoms with Crippen LogP contribution < -0.4 is 10.1 Å². The molecule has 0 spiro atoms. The van der Waals surface area contributed by atoms with Crippen LogP contribution in [0.5, 0.6) is 5.75 Å². The zero-order valence-electron chi connectivity index (χ0n) is 14.0. The molecule has 0 bridgehead atoms. The summed E-state index contributed by atoms with van der Waals surface area (Å²) in [7, 11) is 1.76. The van der Waals surface area contributed by atoms with Crippen LogP contribution in [0.1, 0.15) is 22.1 Å². The molecule has 2 aromatic carbocycles. The average molecular weight is 383 g/mol. The number of hydrogen-bond donors (Lipinski definition) is 1. The highest BCUT2D eigenvalue weighted by Gasteiger charge is 2.28. The second kappa shape index (κ2) is 6.72. The summed E-state index contributed by atoms with van der Waals surface area (Å²) in [6.45, 7) is 0. The molecule has 0 radical (unpaired) electrons. The number of nitrogens with one attached hydrogen (secondary N) is 1. The zero-order valence-corrected chi connectivity index (χ0v) is 14.8. The molecule has 1 aliphatic heterocycles. The summed E-state index contributed by atoms with van der Waals surface area (Å²) in [5.41, 5.74) is 0.807. The van der Waals surface area contributed by atoms with Crippen LogP contribution >= 0.6 is 11.8 Å². The molecular weight excluding hydrogens is 370 g/mol. The van der Waals surface area contributed by atoms with Crippen molar-refractivity contribution in [2.45, 2.75) is 16.3 Å². The summed E-state index contributed by atoms with van der Waals surface area (Å²) in [6.07, 6.45) is 0.714. The maximum absolute atomic E-state index is 12.3. The number of para-hydroxylation sites is 1. The molecule has 2 heterocycles. The quantitative estimate of drug-likeness (QED) is 0.544. The number of fused-ring (bicyclic) bond motifs is 1. The van der Waals surface area contributed by atoms with Gasteiger partial charge in [0.2, 0.25) is 0 Å². The van der Waals surface area contributed by atoms with Crippen LogP contribution in [0.4, 0.5) is 5.69 Å². The fraction of sp³-hybridized carbons (Fsp3) is 0.118. The number of nitro groups is 1. The fourth-order valence-electron chi connectivity index (χ4n) is 2.65. The SMILES string of the molecule is Cn1cnnc1Sc1ccc(C2NC(=O)c3ccccc3O2)cc1[N+](=O)[O-]. The Bertz CT molecular complexity index is 1050. The number of amides is 1. The van der Waals surface area contributed by atoms with Crippen LogP contribution in [0, 0.1) is 10.1 Å². The van der Waals surface area contributed by atoms with E-state index in [1.165, 1.54) is 12.4 Å². The molecule has 0 aliphatic carbocycles.